The lowest BCUT2D eigenvalue weighted by Crippen LogP contribution is -2.69. The fraction of sp³-hybridized carbons (Fsp3) is 0.875. The molecular weight excluding hydrogens is 268 g/mol. The van der Waals surface area contributed by atoms with Gasteiger partial charge in [0.1, 0.15) is 12.1 Å². The number of rotatable bonds is 5. The number of hydrogen-bond donors (Lipinski definition) is 1. The summed E-state index contributed by atoms with van der Waals surface area (Å²) < 4.78 is 5.12. The summed E-state index contributed by atoms with van der Waals surface area (Å²) in [6.07, 6.45) is 0.729. The van der Waals surface area contributed by atoms with Crippen LogP contribution in [0.3, 0.4) is 0 Å². The number of ether oxygens (including phenoxy) is 1. The van der Waals surface area contributed by atoms with E-state index in [1.165, 1.54) is 0 Å². The molecule has 1 N–H and O–H groups in total. The van der Waals surface area contributed by atoms with Crippen molar-refractivity contribution in [2.45, 2.75) is 66.1 Å². The molecule has 5 nitrogen and oxygen atoms in total. The van der Waals surface area contributed by atoms with Crippen molar-refractivity contribution in [1.29, 1.82) is 0 Å². The molecule has 122 valence electrons. The minimum absolute atomic E-state index is 0.0195. The molecule has 3 atom stereocenters. The first-order valence-electron chi connectivity index (χ1n) is 7.72. The lowest BCUT2D eigenvalue weighted by atomic mass is 9.81. The highest BCUT2D eigenvalue weighted by Gasteiger charge is 2.48. The Kier molecular flexibility index (Phi) is 5.79. The summed E-state index contributed by atoms with van der Waals surface area (Å²) in [7, 11) is 1.65. The number of piperazine rings is 1. The van der Waals surface area contributed by atoms with Gasteiger partial charge >= 0.3 is 0 Å². The number of hydrogen-bond acceptors (Lipinski definition) is 3. The second-order valence-corrected chi connectivity index (χ2v) is 7.37. The molecule has 21 heavy (non-hydrogen) atoms. The summed E-state index contributed by atoms with van der Waals surface area (Å²) in [5, 5.41) is 2.90. The first kappa shape index (κ1) is 18.0. The molecule has 0 radical (unpaired) electrons. The van der Waals surface area contributed by atoms with E-state index in [1.54, 1.807) is 12.0 Å². The third-order valence-corrected chi connectivity index (χ3v) is 4.05. The Bertz CT molecular complexity index is 387. The summed E-state index contributed by atoms with van der Waals surface area (Å²) in [5.74, 6) is 0.0534. The summed E-state index contributed by atoms with van der Waals surface area (Å²) in [6.45, 7) is 12.5. The van der Waals surface area contributed by atoms with Gasteiger partial charge in [0.2, 0.25) is 11.8 Å². The van der Waals surface area contributed by atoms with E-state index < -0.39 is 12.1 Å². The number of nitrogens with zero attached hydrogens (tertiary/aromatic N) is 1. The van der Waals surface area contributed by atoms with Crippen LogP contribution in [0.2, 0.25) is 0 Å². The van der Waals surface area contributed by atoms with Crippen molar-refractivity contribution in [3.8, 4) is 0 Å². The molecule has 0 aliphatic carbocycles. The highest BCUT2D eigenvalue weighted by Crippen LogP contribution is 2.31. The molecule has 0 saturated carbocycles. The van der Waals surface area contributed by atoms with E-state index in [2.05, 4.69) is 5.32 Å². The van der Waals surface area contributed by atoms with Crippen LogP contribution in [-0.2, 0) is 14.3 Å². The van der Waals surface area contributed by atoms with Gasteiger partial charge in [-0.25, -0.2) is 0 Å². The maximum atomic E-state index is 12.8. The standard InChI is InChI=1S/C16H30N2O3/c1-10(2)12-15(20)18(11(3)8-9-21-7)13(14(19)17-12)16(4,5)6/h10-13H,8-9H2,1-7H3,(H,17,19). The Hall–Kier alpha value is -1.10. The van der Waals surface area contributed by atoms with Crippen molar-refractivity contribution in [2.75, 3.05) is 13.7 Å². The average molecular weight is 298 g/mol. The van der Waals surface area contributed by atoms with Gasteiger partial charge < -0.3 is 15.0 Å². The Balaban J connectivity index is 3.12. The van der Waals surface area contributed by atoms with Crippen molar-refractivity contribution in [1.82, 2.24) is 10.2 Å². The molecule has 1 heterocycles. The zero-order valence-electron chi connectivity index (χ0n) is 14.4. The molecular formula is C16H30N2O3. The lowest BCUT2D eigenvalue weighted by Gasteiger charge is -2.48. The van der Waals surface area contributed by atoms with Crippen LogP contribution >= 0.6 is 0 Å². The molecule has 1 fully saturated rings. The average Bonchev–Trinajstić information content (AvgIpc) is 2.35. The van der Waals surface area contributed by atoms with E-state index in [1.807, 2.05) is 41.5 Å². The second-order valence-electron chi connectivity index (χ2n) is 7.37. The zero-order valence-corrected chi connectivity index (χ0v) is 14.4. The molecule has 1 aliphatic heterocycles. The molecule has 0 bridgehead atoms. The quantitative estimate of drug-likeness (QED) is 0.842. The summed E-state index contributed by atoms with van der Waals surface area (Å²) in [5.41, 5.74) is -0.303. The van der Waals surface area contributed by atoms with Crippen LogP contribution in [0.15, 0.2) is 0 Å². The molecule has 5 heteroatoms. The molecule has 2 amide bonds. The van der Waals surface area contributed by atoms with Crippen molar-refractivity contribution in [2.24, 2.45) is 11.3 Å². The zero-order chi connectivity index (χ0) is 16.4. The maximum Gasteiger partial charge on any atom is 0.246 e. The normalized spacial score (nSPS) is 25.2. The van der Waals surface area contributed by atoms with E-state index in [0.717, 1.165) is 6.42 Å². The first-order valence-corrected chi connectivity index (χ1v) is 7.72. The van der Waals surface area contributed by atoms with Gasteiger partial charge in [0, 0.05) is 19.8 Å². The number of methoxy groups -OCH3 is 1. The van der Waals surface area contributed by atoms with Crippen molar-refractivity contribution < 1.29 is 14.3 Å². The number of amides is 2. The van der Waals surface area contributed by atoms with Gasteiger partial charge in [0.15, 0.2) is 0 Å². The van der Waals surface area contributed by atoms with E-state index in [9.17, 15) is 9.59 Å². The van der Waals surface area contributed by atoms with Gasteiger partial charge in [-0.15, -0.1) is 0 Å². The van der Waals surface area contributed by atoms with E-state index >= 15 is 0 Å². The summed E-state index contributed by atoms with van der Waals surface area (Å²) >= 11 is 0. The van der Waals surface area contributed by atoms with Gasteiger partial charge in [-0.3, -0.25) is 9.59 Å². The lowest BCUT2D eigenvalue weighted by molar-refractivity contribution is -0.158. The van der Waals surface area contributed by atoms with Crippen LogP contribution in [0.1, 0.15) is 48.0 Å². The molecule has 1 rings (SSSR count). The number of carbonyl (C=O) groups is 2. The highest BCUT2D eigenvalue weighted by atomic mass is 16.5. The predicted octanol–water partition coefficient (Wildman–Crippen LogP) is 1.81. The molecule has 0 aromatic heterocycles. The first-order chi connectivity index (χ1) is 9.61. The third kappa shape index (κ3) is 3.96. The molecule has 0 aromatic carbocycles. The van der Waals surface area contributed by atoms with E-state index in [4.69, 9.17) is 4.74 Å². The van der Waals surface area contributed by atoms with E-state index in [0.29, 0.717) is 6.61 Å². The van der Waals surface area contributed by atoms with Crippen LogP contribution in [0.25, 0.3) is 0 Å². The fourth-order valence-electron chi connectivity index (χ4n) is 2.87. The van der Waals surface area contributed by atoms with Crippen LogP contribution in [0.5, 0.6) is 0 Å². The highest BCUT2D eigenvalue weighted by molar-refractivity contribution is 5.97. The van der Waals surface area contributed by atoms with E-state index in [-0.39, 0.29) is 29.2 Å². The van der Waals surface area contributed by atoms with Crippen molar-refractivity contribution >= 4 is 11.8 Å². The van der Waals surface area contributed by atoms with Crippen LogP contribution < -0.4 is 5.32 Å². The van der Waals surface area contributed by atoms with Gasteiger partial charge in [-0.05, 0) is 24.7 Å². The Morgan fingerprint density at radius 1 is 1.24 bits per heavy atom. The molecule has 1 saturated heterocycles. The van der Waals surface area contributed by atoms with Crippen LogP contribution in [0.4, 0.5) is 0 Å². The van der Waals surface area contributed by atoms with Gasteiger partial charge in [-0.2, -0.15) is 0 Å². The number of nitrogens with one attached hydrogen (secondary N) is 1. The SMILES string of the molecule is COCCC(C)N1C(=O)C(C(C)C)NC(=O)C1C(C)(C)C. The Labute approximate surface area is 128 Å². The Morgan fingerprint density at radius 3 is 2.24 bits per heavy atom. The summed E-state index contributed by atoms with van der Waals surface area (Å²) in [4.78, 5) is 27.2. The Morgan fingerprint density at radius 2 is 1.81 bits per heavy atom. The smallest absolute Gasteiger partial charge is 0.246 e. The maximum absolute atomic E-state index is 12.8. The molecule has 0 spiro atoms. The molecule has 0 aromatic rings. The van der Waals surface area contributed by atoms with Gasteiger partial charge in [0.25, 0.3) is 0 Å². The number of carbonyl (C=O) groups excluding carboxylic acids is 2. The van der Waals surface area contributed by atoms with Crippen molar-refractivity contribution in [3.05, 3.63) is 0 Å². The summed E-state index contributed by atoms with van der Waals surface area (Å²) in [6, 6.07) is -0.887. The molecule has 1 aliphatic rings. The molecule has 3 unspecified atom stereocenters. The minimum Gasteiger partial charge on any atom is -0.385 e. The van der Waals surface area contributed by atoms with Crippen LogP contribution in [-0.4, -0.2) is 48.6 Å². The minimum atomic E-state index is -0.438. The van der Waals surface area contributed by atoms with Crippen LogP contribution in [0, 0.1) is 11.3 Å². The predicted molar refractivity (Wildman–Crippen MR) is 82.8 cm³/mol. The monoisotopic (exact) mass is 298 g/mol. The third-order valence-electron chi connectivity index (χ3n) is 4.05. The van der Waals surface area contributed by atoms with Gasteiger partial charge in [-0.1, -0.05) is 34.6 Å². The fourth-order valence-corrected chi connectivity index (χ4v) is 2.87. The van der Waals surface area contributed by atoms with Gasteiger partial charge in [0.05, 0.1) is 0 Å². The largest absolute Gasteiger partial charge is 0.385 e. The topological polar surface area (TPSA) is 58.6 Å². The second kappa shape index (κ2) is 6.77. The van der Waals surface area contributed by atoms with Crippen molar-refractivity contribution in [3.63, 3.8) is 0 Å².